The molecule has 2 amide bonds. The Balaban J connectivity index is 1.33. The fourth-order valence-electron chi connectivity index (χ4n) is 5.52. The summed E-state index contributed by atoms with van der Waals surface area (Å²) in [6.45, 7) is 2.38. The number of nitrogens with zero attached hydrogens (tertiary/aromatic N) is 3. The molecule has 1 unspecified atom stereocenters. The second-order valence-corrected chi connectivity index (χ2v) is 13.0. The number of piperidine rings is 1. The maximum atomic E-state index is 13.8. The molecule has 5 N–H and O–H groups in total. The van der Waals surface area contributed by atoms with Gasteiger partial charge in [0.15, 0.2) is 11.0 Å². The van der Waals surface area contributed by atoms with E-state index in [4.69, 9.17) is 11.5 Å². The number of aliphatic imine (C=N–C) groups is 1. The van der Waals surface area contributed by atoms with Crippen molar-refractivity contribution in [3.8, 4) is 0 Å². The standard InChI is InChI=1S/C29H34N6O3S2/c1-29-14-13-19(16-18-8-3-2-4-9-18)27(38)35(29)22(17-39-29)25(37)33-21(11-7-15-32-28(30)31)24(36)26-34-20-10-5-6-12-23(20)40-26/h2-6,8-10,12,19,21-22H,7,11,13-17H2,1H3,(H,33,37)(H4,30,31,32)/t19-,21?,22-,29-/m0/s1. The summed E-state index contributed by atoms with van der Waals surface area (Å²) in [7, 11) is 0. The van der Waals surface area contributed by atoms with Crippen LogP contribution in [-0.4, -0.2) is 62.7 Å². The van der Waals surface area contributed by atoms with Crippen LogP contribution < -0.4 is 16.8 Å². The predicted octanol–water partition coefficient (Wildman–Crippen LogP) is 3.33. The molecule has 2 aromatic carbocycles. The highest BCUT2D eigenvalue weighted by atomic mass is 32.2. The van der Waals surface area contributed by atoms with E-state index in [1.807, 2.05) is 61.5 Å². The second kappa shape index (κ2) is 12.0. The lowest BCUT2D eigenvalue weighted by Crippen LogP contribution is -2.59. The van der Waals surface area contributed by atoms with Gasteiger partial charge in [0.25, 0.3) is 0 Å². The minimum Gasteiger partial charge on any atom is -0.370 e. The monoisotopic (exact) mass is 578 g/mol. The molecule has 3 aromatic rings. The van der Waals surface area contributed by atoms with Gasteiger partial charge in [0.2, 0.25) is 17.6 Å². The molecule has 0 bridgehead atoms. The number of nitrogens with two attached hydrogens (primary N) is 2. The maximum absolute atomic E-state index is 13.8. The molecule has 0 radical (unpaired) electrons. The smallest absolute Gasteiger partial charge is 0.244 e. The van der Waals surface area contributed by atoms with Gasteiger partial charge in [-0.25, -0.2) is 4.98 Å². The van der Waals surface area contributed by atoms with Crippen molar-refractivity contribution < 1.29 is 14.4 Å². The number of carbonyl (C=O) groups is 3. The van der Waals surface area contributed by atoms with Crippen molar-refractivity contribution in [3.05, 3.63) is 65.2 Å². The number of thioether (sulfide) groups is 1. The fourth-order valence-corrected chi connectivity index (χ4v) is 7.92. The van der Waals surface area contributed by atoms with E-state index in [1.54, 1.807) is 16.7 Å². The topological polar surface area (TPSA) is 144 Å². The van der Waals surface area contributed by atoms with Gasteiger partial charge >= 0.3 is 0 Å². The summed E-state index contributed by atoms with van der Waals surface area (Å²) >= 11 is 2.95. The second-order valence-electron chi connectivity index (χ2n) is 10.5. The largest absolute Gasteiger partial charge is 0.370 e. The average molecular weight is 579 g/mol. The van der Waals surface area contributed by atoms with Gasteiger partial charge < -0.3 is 21.7 Å². The molecular formula is C29H34N6O3S2. The molecule has 11 heteroatoms. The number of hydrogen-bond donors (Lipinski definition) is 3. The molecule has 2 fully saturated rings. The Morgan fingerprint density at radius 2 is 1.93 bits per heavy atom. The molecule has 210 valence electrons. The Morgan fingerprint density at radius 1 is 1.18 bits per heavy atom. The van der Waals surface area contributed by atoms with Crippen LogP contribution in [0.15, 0.2) is 59.6 Å². The van der Waals surface area contributed by atoms with E-state index >= 15 is 0 Å². The van der Waals surface area contributed by atoms with Gasteiger partial charge in [-0.1, -0.05) is 42.5 Å². The van der Waals surface area contributed by atoms with E-state index in [1.165, 1.54) is 11.3 Å². The zero-order valence-electron chi connectivity index (χ0n) is 22.4. The van der Waals surface area contributed by atoms with Gasteiger partial charge in [-0.15, -0.1) is 23.1 Å². The Morgan fingerprint density at radius 3 is 2.67 bits per heavy atom. The minimum absolute atomic E-state index is 0.00422. The molecule has 0 aliphatic carbocycles. The van der Waals surface area contributed by atoms with Crippen molar-refractivity contribution in [1.29, 1.82) is 0 Å². The Hall–Kier alpha value is -3.44. The van der Waals surface area contributed by atoms with E-state index in [0.717, 1.165) is 28.6 Å². The molecule has 2 aliphatic heterocycles. The summed E-state index contributed by atoms with van der Waals surface area (Å²) in [6, 6.07) is 16.1. The van der Waals surface area contributed by atoms with Crippen LogP contribution in [0.25, 0.3) is 10.2 Å². The summed E-state index contributed by atoms with van der Waals surface area (Å²) in [6.07, 6.45) is 3.09. The van der Waals surface area contributed by atoms with Crippen LogP contribution in [0.5, 0.6) is 0 Å². The first-order valence-electron chi connectivity index (χ1n) is 13.5. The summed E-state index contributed by atoms with van der Waals surface area (Å²) in [5.41, 5.74) is 12.8. The highest BCUT2D eigenvalue weighted by Crippen LogP contribution is 2.47. The van der Waals surface area contributed by atoms with Gasteiger partial charge in [0.1, 0.15) is 6.04 Å². The van der Waals surface area contributed by atoms with Crippen LogP contribution in [0.1, 0.15) is 48.0 Å². The van der Waals surface area contributed by atoms with Crippen LogP contribution >= 0.6 is 23.1 Å². The third-order valence-electron chi connectivity index (χ3n) is 7.63. The first kappa shape index (κ1) is 28.1. The average Bonchev–Trinajstić information content (AvgIpc) is 3.54. The summed E-state index contributed by atoms with van der Waals surface area (Å²) < 4.78 is 0.905. The molecule has 2 saturated heterocycles. The molecule has 0 spiro atoms. The first-order chi connectivity index (χ1) is 19.2. The zero-order valence-corrected chi connectivity index (χ0v) is 24.0. The van der Waals surface area contributed by atoms with Crippen molar-refractivity contribution in [1.82, 2.24) is 15.2 Å². The van der Waals surface area contributed by atoms with E-state index < -0.39 is 17.0 Å². The third kappa shape index (κ3) is 6.00. The van der Waals surface area contributed by atoms with Crippen molar-refractivity contribution in [2.45, 2.75) is 56.0 Å². The quantitative estimate of drug-likeness (QED) is 0.145. The lowest BCUT2D eigenvalue weighted by Gasteiger charge is -2.44. The highest BCUT2D eigenvalue weighted by molar-refractivity contribution is 8.00. The number of fused-ring (bicyclic) bond motifs is 2. The van der Waals surface area contributed by atoms with E-state index in [0.29, 0.717) is 36.6 Å². The van der Waals surface area contributed by atoms with Gasteiger partial charge in [0, 0.05) is 18.2 Å². The third-order valence-corrected chi connectivity index (χ3v) is 10.2. The number of carbonyl (C=O) groups excluding carboxylic acids is 3. The summed E-state index contributed by atoms with van der Waals surface area (Å²) in [5, 5.41) is 3.33. The molecule has 1 aromatic heterocycles. The van der Waals surface area contributed by atoms with Crippen LogP contribution in [0.4, 0.5) is 0 Å². The number of aromatic nitrogens is 1. The molecule has 9 nitrogen and oxygen atoms in total. The number of thiazole rings is 1. The Bertz CT molecular complexity index is 1390. The number of Topliss-reactive ketones (excluding diaryl/α,β-unsaturated/α-hetero) is 1. The number of guanidine groups is 1. The number of nitrogens with one attached hydrogen (secondary N) is 1. The fraction of sp³-hybridized carbons (Fsp3) is 0.414. The zero-order chi connectivity index (χ0) is 28.3. The summed E-state index contributed by atoms with van der Waals surface area (Å²) in [5.74, 6) is -0.268. The Labute approximate surface area is 241 Å². The molecule has 5 rings (SSSR count). The number of amides is 2. The van der Waals surface area contributed by atoms with Crippen molar-refractivity contribution in [2.75, 3.05) is 12.3 Å². The van der Waals surface area contributed by atoms with Crippen LogP contribution in [0.2, 0.25) is 0 Å². The van der Waals surface area contributed by atoms with Crippen LogP contribution in [-0.2, 0) is 16.0 Å². The summed E-state index contributed by atoms with van der Waals surface area (Å²) in [4.78, 5) is 51.0. The maximum Gasteiger partial charge on any atom is 0.244 e. The lowest BCUT2D eigenvalue weighted by atomic mass is 9.86. The van der Waals surface area contributed by atoms with E-state index in [9.17, 15) is 14.4 Å². The van der Waals surface area contributed by atoms with Gasteiger partial charge in [-0.2, -0.15) is 0 Å². The normalized spacial score (nSPS) is 23.0. The molecule has 40 heavy (non-hydrogen) atoms. The van der Waals surface area contributed by atoms with E-state index in [-0.39, 0.29) is 29.5 Å². The highest BCUT2D eigenvalue weighted by Gasteiger charge is 2.53. The minimum atomic E-state index is -0.806. The number of hydrogen-bond acceptors (Lipinski definition) is 7. The number of ketones is 1. The van der Waals surface area contributed by atoms with Gasteiger partial charge in [0.05, 0.1) is 21.1 Å². The number of rotatable bonds is 10. The number of para-hydroxylation sites is 1. The van der Waals surface area contributed by atoms with E-state index in [2.05, 4.69) is 15.3 Å². The Kier molecular flexibility index (Phi) is 8.41. The molecule has 4 atom stereocenters. The lowest BCUT2D eigenvalue weighted by molar-refractivity contribution is -0.149. The molecule has 0 saturated carbocycles. The predicted molar refractivity (Wildman–Crippen MR) is 160 cm³/mol. The van der Waals surface area contributed by atoms with Crippen LogP contribution in [0.3, 0.4) is 0 Å². The SMILES string of the molecule is C[C@]12CC[C@@H](Cc3ccccc3)C(=O)N1[C@H](C(=O)NC(CCCN=C(N)N)C(=O)c1nc3ccccc3s1)CS2. The van der Waals surface area contributed by atoms with Gasteiger partial charge in [-0.3, -0.25) is 19.4 Å². The molecule has 3 heterocycles. The van der Waals surface area contributed by atoms with Crippen LogP contribution in [0, 0.1) is 5.92 Å². The van der Waals surface area contributed by atoms with Gasteiger partial charge in [-0.05, 0) is 56.7 Å². The molecule has 2 aliphatic rings. The molecular weight excluding hydrogens is 544 g/mol. The van der Waals surface area contributed by atoms with Crippen molar-refractivity contribution >= 4 is 56.9 Å². The van der Waals surface area contributed by atoms with Crippen molar-refractivity contribution in [2.24, 2.45) is 22.4 Å². The first-order valence-corrected chi connectivity index (χ1v) is 15.3. The van der Waals surface area contributed by atoms with Crippen molar-refractivity contribution in [3.63, 3.8) is 0 Å². The number of benzene rings is 2.